The number of hydroxylamine groups is 1. The highest BCUT2D eigenvalue weighted by Gasteiger charge is 2.14. The minimum absolute atomic E-state index is 0.332. The van der Waals surface area contributed by atoms with Crippen molar-refractivity contribution < 1.29 is 14.4 Å². The maximum atomic E-state index is 11.8. The second-order valence-electron chi connectivity index (χ2n) is 6.18. The Morgan fingerprint density at radius 2 is 2.08 bits per heavy atom. The number of anilines is 2. The molecule has 136 valence electrons. The third-order valence-corrected chi connectivity index (χ3v) is 3.97. The molecule has 6 heteroatoms. The molecule has 2 heterocycles. The summed E-state index contributed by atoms with van der Waals surface area (Å²) in [5, 5.41) is 3.23. The zero-order valence-electron chi connectivity index (χ0n) is 14.8. The summed E-state index contributed by atoms with van der Waals surface area (Å²) in [7, 11) is 0. The molecule has 0 spiro atoms. The number of ether oxygens (including phenoxy) is 1. The molecule has 2 aromatic rings. The lowest BCUT2D eigenvalue weighted by Gasteiger charge is -2.21. The minimum Gasteiger partial charge on any atom is -0.350 e. The van der Waals surface area contributed by atoms with Crippen molar-refractivity contribution >= 4 is 23.5 Å². The SMILES string of the molecule is Cc1ccc(Nc2ccc(C=CC(=O)NOC3CCCCO3)cn2)cc1. The molecule has 0 bridgehead atoms. The van der Waals surface area contributed by atoms with Crippen molar-refractivity contribution in [1.82, 2.24) is 10.5 Å². The van der Waals surface area contributed by atoms with E-state index in [9.17, 15) is 4.79 Å². The van der Waals surface area contributed by atoms with Crippen LogP contribution in [0.2, 0.25) is 0 Å². The molecule has 0 saturated carbocycles. The van der Waals surface area contributed by atoms with Gasteiger partial charge in [0.05, 0.1) is 0 Å². The van der Waals surface area contributed by atoms with Crippen LogP contribution in [0.3, 0.4) is 0 Å². The lowest BCUT2D eigenvalue weighted by atomic mass is 10.2. The van der Waals surface area contributed by atoms with Crippen LogP contribution in [0.4, 0.5) is 11.5 Å². The molecule has 6 nitrogen and oxygen atoms in total. The van der Waals surface area contributed by atoms with Gasteiger partial charge in [-0.2, -0.15) is 0 Å². The number of nitrogens with zero attached hydrogens (tertiary/aromatic N) is 1. The second kappa shape index (κ2) is 9.12. The predicted octanol–water partition coefficient (Wildman–Crippen LogP) is 3.72. The van der Waals surface area contributed by atoms with E-state index in [0.29, 0.717) is 6.61 Å². The molecule has 1 fully saturated rings. The van der Waals surface area contributed by atoms with Crippen molar-refractivity contribution in [2.24, 2.45) is 0 Å². The summed E-state index contributed by atoms with van der Waals surface area (Å²) in [6.07, 6.45) is 7.32. The van der Waals surface area contributed by atoms with E-state index in [1.54, 1.807) is 12.3 Å². The number of carbonyl (C=O) groups excluding carboxylic acids is 1. The molecule has 1 amide bonds. The molecule has 1 aliphatic heterocycles. The van der Waals surface area contributed by atoms with Gasteiger partial charge in [0, 0.05) is 31.0 Å². The van der Waals surface area contributed by atoms with Crippen LogP contribution in [0.1, 0.15) is 30.4 Å². The van der Waals surface area contributed by atoms with Gasteiger partial charge in [-0.15, -0.1) is 0 Å². The first-order valence-electron chi connectivity index (χ1n) is 8.74. The third kappa shape index (κ3) is 5.68. The minimum atomic E-state index is -0.352. The molecule has 1 saturated heterocycles. The summed E-state index contributed by atoms with van der Waals surface area (Å²) in [6.45, 7) is 2.72. The summed E-state index contributed by atoms with van der Waals surface area (Å²) < 4.78 is 5.38. The van der Waals surface area contributed by atoms with Gasteiger partial charge in [-0.1, -0.05) is 17.7 Å². The van der Waals surface area contributed by atoms with E-state index in [2.05, 4.69) is 15.8 Å². The summed E-state index contributed by atoms with van der Waals surface area (Å²) >= 11 is 0. The van der Waals surface area contributed by atoms with E-state index in [-0.39, 0.29) is 12.2 Å². The zero-order chi connectivity index (χ0) is 18.2. The number of benzene rings is 1. The predicted molar refractivity (Wildman–Crippen MR) is 101 cm³/mol. The van der Waals surface area contributed by atoms with Gasteiger partial charge in [-0.05, 0) is 55.7 Å². The summed E-state index contributed by atoms with van der Waals surface area (Å²) in [4.78, 5) is 21.4. The van der Waals surface area contributed by atoms with E-state index < -0.39 is 0 Å². The lowest BCUT2D eigenvalue weighted by molar-refractivity contribution is -0.198. The lowest BCUT2D eigenvalue weighted by Crippen LogP contribution is -2.32. The Kier molecular flexibility index (Phi) is 6.35. The van der Waals surface area contributed by atoms with Crippen LogP contribution in [0.25, 0.3) is 6.08 Å². The van der Waals surface area contributed by atoms with Gasteiger partial charge in [0.1, 0.15) is 5.82 Å². The van der Waals surface area contributed by atoms with Crippen molar-refractivity contribution in [2.75, 3.05) is 11.9 Å². The summed E-state index contributed by atoms with van der Waals surface area (Å²) in [5.41, 5.74) is 5.40. The fraction of sp³-hybridized carbons (Fsp3) is 0.300. The van der Waals surface area contributed by atoms with Gasteiger partial charge in [-0.25, -0.2) is 15.3 Å². The molecule has 1 aliphatic rings. The first-order valence-corrected chi connectivity index (χ1v) is 8.74. The number of aryl methyl sites for hydroxylation is 1. The average molecular weight is 353 g/mol. The van der Waals surface area contributed by atoms with Crippen molar-refractivity contribution in [1.29, 1.82) is 0 Å². The maximum Gasteiger partial charge on any atom is 0.267 e. The van der Waals surface area contributed by atoms with Gasteiger partial charge < -0.3 is 10.1 Å². The highest BCUT2D eigenvalue weighted by atomic mass is 16.8. The zero-order valence-corrected chi connectivity index (χ0v) is 14.8. The number of amides is 1. The first-order chi connectivity index (χ1) is 12.7. The monoisotopic (exact) mass is 353 g/mol. The number of carbonyl (C=O) groups is 1. The van der Waals surface area contributed by atoms with Crippen LogP contribution in [-0.2, 0) is 14.4 Å². The Hall–Kier alpha value is -2.70. The van der Waals surface area contributed by atoms with E-state index in [1.165, 1.54) is 11.6 Å². The largest absolute Gasteiger partial charge is 0.350 e. The third-order valence-electron chi connectivity index (χ3n) is 3.97. The van der Waals surface area contributed by atoms with Gasteiger partial charge in [0.25, 0.3) is 5.91 Å². The normalized spacial score (nSPS) is 17.2. The number of rotatable bonds is 6. The fourth-order valence-electron chi connectivity index (χ4n) is 2.50. The van der Waals surface area contributed by atoms with Gasteiger partial charge in [0.15, 0.2) is 6.29 Å². The molecule has 3 rings (SSSR count). The van der Waals surface area contributed by atoms with Gasteiger partial charge in [-0.3, -0.25) is 4.79 Å². The quantitative estimate of drug-likeness (QED) is 0.612. The summed E-state index contributed by atoms with van der Waals surface area (Å²) in [6, 6.07) is 11.8. The van der Waals surface area contributed by atoms with Crippen LogP contribution >= 0.6 is 0 Å². The number of nitrogens with one attached hydrogen (secondary N) is 2. The van der Waals surface area contributed by atoms with Crippen molar-refractivity contribution in [3.8, 4) is 0 Å². The Morgan fingerprint density at radius 3 is 2.77 bits per heavy atom. The molecule has 1 atom stereocenters. The molecular formula is C20H23N3O3. The van der Waals surface area contributed by atoms with Crippen LogP contribution < -0.4 is 10.8 Å². The molecule has 0 aliphatic carbocycles. The second-order valence-corrected chi connectivity index (χ2v) is 6.18. The van der Waals surface area contributed by atoms with Crippen LogP contribution in [0, 0.1) is 6.92 Å². The Balaban J connectivity index is 1.47. The van der Waals surface area contributed by atoms with Gasteiger partial charge in [0.2, 0.25) is 0 Å². The smallest absolute Gasteiger partial charge is 0.267 e. The van der Waals surface area contributed by atoms with E-state index >= 15 is 0 Å². The van der Waals surface area contributed by atoms with Crippen LogP contribution in [0.15, 0.2) is 48.7 Å². The Labute approximate surface area is 153 Å². The summed E-state index contributed by atoms with van der Waals surface area (Å²) in [5.74, 6) is 0.411. The molecular weight excluding hydrogens is 330 g/mol. The number of aromatic nitrogens is 1. The number of hydrogen-bond acceptors (Lipinski definition) is 5. The molecule has 1 aromatic carbocycles. The number of pyridine rings is 1. The van der Waals surface area contributed by atoms with Crippen LogP contribution in [0.5, 0.6) is 0 Å². The molecule has 26 heavy (non-hydrogen) atoms. The Bertz CT molecular complexity index is 736. The fourth-order valence-corrected chi connectivity index (χ4v) is 2.50. The molecule has 1 aromatic heterocycles. The molecule has 0 radical (unpaired) electrons. The number of hydrogen-bond donors (Lipinski definition) is 2. The van der Waals surface area contributed by atoms with Gasteiger partial charge >= 0.3 is 0 Å². The van der Waals surface area contributed by atoms with Crippen molar-refractivity contribution in [2.45, 2.75) is 32.5 Å². The highest BCUT2D eigenvalue weighted by molar-refractivity contribution is 5.90. The van der Waals surface area contributed by atoms with E-state index in [4.69, 9.17) is 9.57 Å². The van der Waals surface area contributed by atoms with Crippen molar-refractivity contribution in [3.05, 3.63) is 59.8 Å². The van der Waals surface area contributed by atoms with E-state index in [1.807, 2.05) is 43.3 Å². The average Bonchev–Trinajstić information content (AvgIpc) is 2.68. The van der Waals surface area contributed by atoms with Crippen molar-refractivity contribution in [3.63, 3.8) is 0 Å². The Morgan fingerprint density at radius 1 is 1.23 bits per heavy atom. The molecule has 1 unspecified atom stereocenters. The topological polar surface area (TPSA) is 72.5 Å². The molecule has 2 N–H and O–H groups in total. The maximum absolute atomic E-state index is 11.8. The van der Waals surface area contributed by atoms with E-state index in [0.717, 1.165) is 36.3 Å². The van der Waals surface area contributed by atoms with Crippen LogP contribution in [-0.4, -0.2) is 23.8 Å². The highest BCUT2D eigenvalue weighted by Crippen LogP contribution is 2.16. The standard InChI is InChI=1S/C20H23N3O3/c1-15-5-9-17(10-6-15)22-18-11-7-16(14-21-18)8-12-19(24)23-26-20-4-2-3-13-25-20/h5-12,14,20H,2-4,13H2,1H3,(H,21,22)(H,23,24). The first kappa shape index (κ1) is 18.1.